The number of hydrogen-bond donors (Lipinski definition) is 1. The van der Waals surface area contributed by atoms with Crippen LogP contribution in [0.15, 0.2) is 46.9 Å². The zero-order valence-electron chi connectivity index (χ0n) is 10.6. The predicted molar refractivity (Wildman–Crippen MR) is 81.8 cm³/mol. The van der Waals surface area contributed by atoms with E-state index in [1.54, 1.807) is 6.07 Å². The molecule has 0 aromatic heterocycles. The summed E-state index contributed by atoms with van der Waals surface area (Å²) in [5.41, 5.74) is 9.45. The van der Waals surface area contributed by atoms with Crippen LogP contribution in [0.4, 0.5) is 11.4 Å². The first-order valence-corrected chi connectivity index (χ1v) is 6.64. The van der Waals surface area contributed by atoms with E-state index in [1.807, 2.05) is 43.4 Å². The number of benzene rings is 2. The maximum Gasteiger partial charge on any atom is 0.0991 e. The van der Waals surface area contributed by atoms with Crippen molar-refractivity contribution in [3.05, 3.63) is 58.1 Å². The third-order valence-electron chi connectivity index (χ3n) is 2.88. The minimum Gasteiger partial charge on any atom is -0.397 e. The molecule has 0 bridgehead atoms. The van der Waals surface area contributed by atoms with E-state index >= 15 is 0 Å². The minimum absolute atomic E-state index is 0.674. The van der Waals surface area contributed by atoms with Crippen molar-refractivity contribution in [1.82, 2.24) is 0 Å². The Morgan fingerprint density at radius 2 is 2.05 bits per heavy atom. The molecule has 2 N–H and O–H groups in total. The summed E-state index contributed by atoms with van der Waals surface area (Å²) in [5.74, 6) is 0. The van der Waals surface area contributed by atoms with Crippen molar-refractivity contribution in [3.8, 4) is 6.07 Å². The van der Waals surface area contributed by atoms with E-state index in [9.17, 15) is 0 Å². The SMILES string of the molecule is CN(Cc1cccc(C#N)c1)c1cc(Br)ccc1N. The maximum absolute atomic E-state index is 8.90. The number of nitriles is 1. The summed E-state index contributed by atoms with van der Waals surface area (Å²) in [6.07, 6.45) is 0. The monoisotopic (exact) mass is 315 g/mol. The summed E-state index contributed by atoms with van der Waals surface area (Å²) >= 11 is 3.45. The highest BCUT2D eigenvalue weighted by atomic mass is 79.9. The van der Waals surface area contributed by atoms with E-state index in [0.29, 0.717) is 12.1 Å². The van der Waals surface area contributed by atoms with Crippen molar-refractivity contribution in [1.29, 1.82) is 5.26 Å². The molecule has 0 aliphatic carbocycles. The summed E-state index contributed by atoms with van der Waals surface area (Å²) in [4.78, 5) is 2.07. The van der Waals surface area contributed by atoms with Crippen molar-refractivity contribution in [3.63, 3.8) is 0 Å². The lowest BCUT2D eigenvalue weighted by atomic mass is 10.1. The highest BCUT2D eigenvalue weighted by molar-refractivity contribution is 9.10. The summed E-state index contributed by atoms with van der Waals surface area (Å²) in [6.45, 7) is 0.705. The Morgan fingerprint density at radius 1 is 1.26 bits per heavy atom. The lowest BCUT2D eigenvalue weighted by molar-refractivity contribution is 0.923. The van der Waals surface area contributed by atoms with Gasteiger partial charge in [0.15, 0.2) is 0 Å². The standard InChI is InChI=1S/C15H14BrN3/c1-19(15-8-13(16)5-6-14(15)18)10-12-4-2-3-11(7-12)9-17/h2-8H,10,18H2,1H3. The Balaban J connectivity index is 2.23. The van der Waals surface area contributed by atoms with Gasteiger partial charge in [0.25, 0.3) is 0 Å². The normalized spacial score (nSPS) is 9.95. The maximum atomic E-state index is 8.90. The van der Waals surface area contributed by atoms with Crippen molar-refractivity contribution in [2.75, 3.05) is 17.7 Å². The van der Waals surface area contributed by atoms with Gasteiger partial charge in [0.05, 0.1) is 23.0 Å². The van der Waals surface area contributed by atoms with Gasteiger partial charge in [-0.3, -0.25) is 0 Å². The first kappa shape index (κ1) is 13.4. The molecule has 0 amide bonds. The van der Waals surface area contributed by atoms with Gasteiger partial charge in [-0.15, -0.1) is 0 Å². The zero-order chi connectivity index (χ0) is 13.8. The highest BCUT2D eigenvalue weighted by Crippen LogP contribution is 2.27. The molecule has 2 rings (SSSR count). The number of halogens is 1. The van der Waals surface area contributed by atoms with Crippen LogP contribution < -0.4 is 10.6 Å². The molecule has 0 spiro atoms. The number of nitrogens with two attached hydrogens (primary N) is 1. The van der Waals surface area contributed by atoms with Crippen LogP contribution in [0, 0.1) is 11.3 Å². The van der Waals surface area contributed by atoms with Gasteiger partial charge in [0.2, 0.25) is 0 Å². The van der Waals surface area contributed by atoms with Crippen molar-refractivity contribution in [2.45, 2.75) is 6.54 Å². The van der Waals surface area contributed by atoms with Crippen LogP contribution in [-0.4, -0.2) is 7.05 Å². The van der Waals surface area contributed by atoms with Crippen molar-refractivity contribution >= 4 is 27.3 Å². The highest BCUT2D eigenvalue weighted by Gasteiger charge is 2.07. The largest absolute Gasteiger partial charge is 0.397 e. The molecule has 0 unspecified atom stereocenters. The average Bonchev–Trinajstić information content (AvgIpc) is 2.41. The van der Waals surface area contributed by atoms with Crippen LogP contribution in [-0.2, 0) is 6.54 Å². The Labute approximate surface area is 121 Å². The Hall–Kier alpha value is -1.99. The molecule has 0 aliphatic rings. The second kappa shape index (κ2) is 5.77. The summed E-state index contributed by atoms with van der Waals surface area (Å²) in [5, 5.41) is 8.90. The van der Waals surface area contributed by atoms with Crippen LogP contribution in [0.25, 0.3) is 0 Å². The molecule has 3 nitrogen and oxygen atoms in total. The van der Waals surface area contributed by atoms with Gasteiger partial charge in [-0.25, -0.2) is 0 Å². The number of anilines is 2. The van der Waals surface area contributed by atoms with Crippen LogP contribution >= 0.6 is 15.9 Å². The molecule has 2 aromatic carbocycles. The van der Waals surface area contributed by atoms with Crippen molar-refractivity contribution < 1.29 is 0 Å². The number of hydrogen-bond acceptors (Lipinski definition) is 3. The third kappa shape index (κ3) is 3.27. The molecule has 0 fully saturated rings. The molecule has 0 saturated heterocycles. The number of rotatable bonds is 3. The number of nitrogens with zero attached hydrogens (tertiary/aromatic N) is 2. The molecule has 0 radical (unpaired) electrons. The lowest BCUT2D eigenvalue weighted by Gasteiger charge is -2.21. The predicted octanol–water partition coefficient (Wildman–Crippen LogP) is 3.54. The first-order valence-electron chi connectivity index (χ1n) is 5.85. The molecular formula is C15H14BrN3. The molecule has 19 heavy (non-hydrogen) atoms. The molecular weight excluding hydrogens is 302 g/mol. The van der Waals surface area contributed by atoms with E-state index in [1.165, 1.54) is 0 Å². The quantitative estimate of drug-likeness (QED) is 0.881. The van der Waals surface area contributed by atoms with Gasteiger partial charge in [-0.2, -0.15) is 5.26 Å². The van der Waals surface area contributed by atoms with E-state index in [-0.39, 0.29) is 0 Å². The average molecular weight is 316 g/mol. The van der Waals surface area contributed by atoms with Gasteiger partial charge >= 0.3 is 0 Å². The van der Waals surface area contributed by atoms with E-state index < -0.39 is 0 Å². The van der Waals surface area contributed by atoms with Crippen LogP contribution in [0.3, 0.4) is 0 Å². The van der Waals surface area contributed by atoms with Crippen LogP contribution in [0.1, 0.15) is 11.1 Å². The topological polar surface area (TPSA) is 53.0 Å². The molecule has 0 aliphatic heterocycles. The number of nitrogen functional groups attached to an aromatic ring is 1. The molecule has 96 valence electrons. The Morgan fingerprint density at radius 3 is 2.79 bits per heavy atom. The van der Waals surface area contributed by atoms with Crippen LogP contribution in [0.5, 0.6) is 0 Å². The molecule has 4 heteroatoms. The van der Waals surface area contributed by atoms with Gasteiger partial charge < -0.3 is 10.6 Å². The van der Waals surface area contributed by atoms with Crippen LogP contribution in [0.2, 0.25) is 0 Å². The zero-order valence-corrected chi connectivity index (χ0v) is 12.2. The second-order valence-corrected chi connectivity index (χ2v) is 5.29. The van der Waals surface area contributed by atoms with Gasteiger partial charge in [0, 0.05) is 18.1 Å². The molecule has 0 atom stereocenters. The molecule has 2 aromatic rings. The van der Waals surface area contributed by atoms with E-state index in [4.69, 9.17) is 11.0 Å². The van der Waals surface area contributed by atoms with E-state index in [2.05, 4.69) is 26.9 Å². The first-order chi connectivity index (χ1) is 9.10. The van der Waals surface area contributed by atoms with Gasteiger partial charge in [0.1, 0.15) is 0 Å². The third-order valence-corrected chi connectivity index (χ3v) is 3.37. The molecule has 0 heterocycles. The summed E-state index contributed by atoms with van der Waals surface area (Å²) in [6, 6.07) is 15.5. The van der Waals surface area contributed by atoms with Gasteiger partial charge in [-0.05, 0) is 35.9 Å². The van der Waals surface area contributed by atoms with Crippen molar-refractivity contribution in [2.24, 2.45) is 0 Å². The Kier molecular flexibility index (Phi) is 4.08. The lowest BCUT2D eigenvalue weighted by Crippen LogP contribution is -2.17. The fraction of sp³-hybridized carbons (Fsp3) is 0.133. The summed E-state index contributed by atoms with van der Waals surface area (Å²) < 4.78 is 0.995. The fourth-order valence-corrected chi connectivity index (χ4v) is 2.29. The van der Waals surface area contributed by atoms with E-state index in [0.717, 1.165) is 21.4 Å². The Bertz CT molecular complexity index is 632. The summed E-state index contributed by atoms with van der Waals surface area (Å²) in [7, 11) is 1.98. The smallest absolute Gasteiger partial charge is 0.0991 e. The minimum atomic E-state index is 0.674. The molecule has 0 saturated carbocycles. The van der Waals surface area contributed by atoms with Gasteiger partial charge in [-0.1, -0.05) is 28.1 Å². The fourth-order valence-electron chi connectivity index (χ4n) is 1.95. The second-order valence-electron chi connectivity index (χ2n) is 4.37.